The molecule has 1 aliphatic rings. The number of methoxy groups -OCH3 is 1. The van der Waals surface area contributed by atoms with Gasteiger partial charge < -0.3 is 9.84 Å². The van der Waals surface area contributed by atoms with Crippen molar-refractivity contribution in [2.24, 2.45) is 0 Å². The van der Waals surface area contributed by atoms with Crippen LogP contribution in [-0.4, -0.2) is 31.2 Å². The quantitative estimate of drug-likeness (QED) is 0.277. The molecule has 0 saturated heterocycles. The average Bonchev–Trinajstić information content (AvgIpc) is 2.87. The lowest BCUT2D eigenvalue weighted by Crippen LogP contribution is -2.07. The van der Waals surface area contributed by atoms with Crippen LogP contribution in [0.3, 0.4) is 0 Å². The van der Waals surface area contributed by atoms with Crippen molar-refractivity contribution in [1.82, 2.24) is 0 Å². The molecular weight excluding hydrogens is 468 g/mol. The first-order valence-electron chi connectivity index (χ1n) is 10.8. The van der Waals surface area contributed by atoms with E-state index in [0.29, 0.717) is 29.1 Å². The summed E-state index contributed by atoms with van der Waals surface area (Å²) >= 11 is 0. The van der Waals surface area contributed by atoms with Crippen molar-refractivity contribution < 1.29 is 32.0 Å². The number of carboxylic acid groups (broad SMARTS) is 1. The number of hydrogen-bond donors (Lipinski definition) is 2. The zero-order valence-corrected chi connectivity index (χ0v) is 19.5. The van der Waals surface area contributed by atoms with E-state index in [0.717, 1.165) is 28.7 Å². The van der Waals surface area contributed by atoms with Crippen molar-refractivity contribution in [1.29, 1.82) is 0 Å². The van der Waals surface area contributed by atoms with Crippen LogP contribution in [-0.2, 0) is 23.0 Å². The molecule has 8 heteroatoms. The maximum atomic E-state index is 12.0. The largest absolute Gasteiger partial charge is 0.495 e. The van der Waals surface area contributed by atoms with Crippen molar-refractivity contribution >= 4 is 16.1 Å². The summed E-state index contributed by atoms with van der Waals surface area (Å²) in [4.78, 5) is 11.0. The van der Waals surface area contributed by atoms with E-state index in [1.807, 2.05) is 30.3 Å². The maximum Gasteiger partial charge on any atom is 0.364 e. The Balaban J connectivity index is 1.77. The van der Waals surface area contributed by atoms with E-state index in [2.05, 4.69) is 0 Å². The van der Waals surface area contributed by atoms with E-state index < -0.39 is 16.1 Å². The number of benzene rings is 3. The Bertz CT molecular complexity index is 1570. The molecule has 0 aliphatic heterocycles. The highest BCUT2D eigenvalue weighted by atomic mass is 32.2. The van der Waals surface area contributed by atoms with Crippen LogP contribution in [0.5, 0.6) is 5.75 Å². The van der Waals surface area contributed by atoms with Crippen LogP contribution in [0, 0.1) is 0 Å². The van der Waals surface area contributed by atoms with E-state index in [1.165, 1.54) is 31.4 Å². The summed E-state index contributed by atoms with van der Waals surface area (Å²) in [6.07, 6.45) is 1.47. The highest BCUT2D eigenvalue weighted by Gasteiger charge is 2.32. The Hall–Kier alpha value is -4.01. The van der Waals surface area contributed by atoms with E-state index >= 15 is 0 Å². The molecule has 0 radical (unpaired) electrons. The van der Waals surface area contributed by atoms with Gasteiger partial charge in [-0.05, 0) is 66.4 Å². The van der Waals surface area contributed by atoms with E-state index in [4.69, 9.17) is 9.15 Å². The molecule has 176 valence electrons. The van der Waals surface area contributed by atoms with Crippen LogP contribution in [0.15, 0.2) is 82.1 Å². The third-order valence-corrected chi connectivity index (χ3v) is 7.04. The van der Waals surface area contributed by atoms with Crippen LogP contribution in [0.4, 0.5) is 0 Å². The molecule has 0 saturated carbocycles. The molecule has 5 rings (SSSR count). The van der Waals surface area contributed by atoms with E-state index in [1.54, 1.807) is 18.2 Å². The highest BCUT2D eigenvalue weighted by Crippen LogP contribution is 2.43. The smallest absolute Gasteiger partial charge is 0.364 e. The first-order valence-corrected chi connectivity index (χ1v) is 12.3. The number of hydrogen-bond acceptors (Lipinski definition) is 4. The van der Waals surface area contributed by atoms with Gasteiger partial charge in [0.1, 0.15) is 10.6 Å². The summed E-state index contributed by atoms with van der Waals surface area (Å²) in [6, 6.07) is 20.7. The average molecular weight is 490 g/mol. The van der Waals surface area contributed by atoms with Crippen molar-refractivity contribution in [2.45, 2.75) is 17.7 Å². The van der Waals surface area contributed by atoms with Crippen LogP contribution >= 0.6 is 0 Å². The fourth-order valence-corrected chi connectivity index (χ4v) is 5.13. The predicted octanol–water partition coefficient (Wildman–Crippen LogP) is 5.61. The summed E-state index contributed by atoms with van der Waals surface area (Å²) in [6.45, 7) is 0. The molecule has 0 spiro atoms. The molecule has 3 aromatic carbocycles. The van der Waals surface area contributed by atoms with Gasteiger partial charge in [-0.15, -0.1) is 0 Å². The van der Waals surface area contributed by atoms with Crippen LogP contribution in [0.2, 0.25) is 0 Å². The third kappa shape index (κ3) is 4.18. The van der Waals surface area contributed by atoms with Crippen molar-refractivity contribution in [3.8, 4) is 39.5 Å². The normalized spacial score (nSPS) is 12.5. The summed E-state index contributed by atoms with van der Waals surface area (Å²) in [5, 5.41) is 9.24. The maximum absolute atomic E-state index is 12.0. The van der Waals surface area contributed by atoms with Gasteiger partial charge in [0.2, 0.25) is 0 Å². The zero-order chi connectivity index (χ0) is 24.7. The molecule has 0 fully saturated rings. The van der Waals surface area contributed by atoms with Crippen molar-refractivity contribution in [3.63, 3.8) is 0 Å². The molecule has 1 aromatic heterocycles. The minimum atomic E-state index is -4.53. The Morgan fingerprint density at radius 3 is 2.31 bits per heavy atom. The first kappa shape index (κ1) is 22.8. The van der Waals surface area contributed by atoms with E-state index in [-0.39, 0.29) is 16.2 Å². The topological polar surface area (TPSA) is 112 Å². The lowest BCUT2D eigenvalue weighted by Gasteiger charge is -2.17. The molecular formula is C27H21O7S+. The fraction of sp³-hybridized carbons (Fsp3) is 0.111. The molecule has 4 aromatic rings. The molecule has 1 aliphatic carbocycles. The first-order chi connectivity index (χ1) is 16.8. The summed E-state index contributed by atoms with van der Waals surface area (Å²) in [5.74, 6) is 0.188. The molecule has 0 atom stereocenters. The number of rotatable bonds is 5. The van der Waals surface area contributed by atoms with Crippen molar-refractivity contribution in [2.75, 3.05) is 7.11 Å². The van der Waals surface area contributed by atoms with Gasteiger partial charge in [-0.25, -0.2) is 9.21 Å². The second-order valence-corrected chi connectivity index (χ2v) is 9.60. The second kappa shape index (κ2) is 8.65. The molecule has 2 N–H and O–H groups in total. The highest BCUT2D eigenvalue weighted by molar-refractivity contribution is 7.86. The van der Waals surface area contributed by atoms with Gasteiger partial charge in [-0.1, -0.05) is 24.3 Å². The van der Waals surface area contributed by atoms with E-state index in [9.17, 15) is 22.9 Å². The molecule has 1 heterocycles. The standard InChI is InChI=1S/C27H20O7S/c1-33-23-13-11-19(14-25(23)35(30,31)32)22-15-24(17-6-8-18(9-7-17)27(28)29)34-26-20-5-3-2-4-16(20)10-12-21(22)26/h2-9,11,13-15H,10,12H2,1H3,(H-,28,29,30,31,32)/p+1. The Morgan fingerprint density at radius 1 is 0.914 bits per heavy atom. The lowest BCUT2D eigenvalue weighted by molar-refractivity contribution is 0.0697. The van der Waals surface area contributed by atoms with Crippen LogP contribution < -0.4 is 4.74 Å². The number of ether oxygens (including phenoxy) is 1. The Kier molecular flexibility index (Phi) is 5.62. The van der Waals surface area contributed by atoms with Gasteiger partial charge in [-0.3, -0.25) is 4.55 Å². The number of carbonyl (C=O) groups is 1. The van der Waals surface area contributed by atoms with Crippen LogP contribution in [0.1, 0.15) is 21.5 Å². The third-order valence-electron chi connectivity index (χ3n) is 6.16. The van der Waals surface area contributed by atoms with Gasteiger partial charge in [0.25, 0.3) is 10.1 Å². The summed E-state index contributed by atoms with van der Waals surface area (Å²) in [5.41, 5.74) is 5.17. The molecule has 0 amide bonds. The Morgan fingerprint density at radius 2 is 1.63 bits per heavy atom. The number of aryl methyl sites for hydroxylation is 1. The molecule has 35 heavy (non-hydrogen) atoms. The minimum absolute atomic E-state index is 0.0422. The number of fused-ring (bicyclic) bond motifs is 3. The SMILES string of the molecule is COc1ccc(-c2cc(-c3ccc(C(=O)O)cc3)[o+]c3c2CCc2ccccc2-3)cc1S(=O)(=O)O. The van der Waals surface area contributed by atoms with Gasteiger partial charge in [0.15, 0.2) is 0 Å². The summed E-state index contributed by atoms with van der Waals surface area (Å²) < 4.78 is 45.4. The van der Waals surface area contributed by atoms with Crippen molar-refractivity contribution in [3.05, 3.63) is 89.5 Å². The molecule has 7 nitrogen and oxygen atoms in total. The zero-order valence-electron chi connectivity index (χ0n) is 18.7. The van der Waals surface area contributed by atoms with Gasteiger partial charge in [0, 0.05) is 5.56 Å². The van der Waals surface area contributed by atoms with Crippen LogP contribution in [0.25, 0.3) is 33.8 Å². The minimum Gasteiger partial charge on any atom is -0.495 e. The second-order valence-electron chi connectivity index (χ2n) is 8.21. The van der Waals surface area contributed by atoms with Gasteiger partial charge in [-0.2, -0.15) is 8.42 Å². The fourth-order valence-electron chi connectivity index (χ4n) is 4.45. The number of carboxylic acids is 1. The summed E-state index contributed by atoms with van der Waals surface area (Å²) in [7, 11) is -3.19. The lowest BCUT2D eigenvalue weighted by atomic mass is 9.85. The molecule has 0 bridgehead atoms. The monoisotopic (exact) mass is 489 g/mol. The molecule has 0 unspecified atom stereocenters. The van der Waals surface area contributed by atoms with Gasteiger partial charge in [0.05, 0.1) is 35.4 Å². The number of aromatic carboxylic acids is 1. The van der Waals surface area contributed by atoms with Gasteiger partial charge >= 0.3 is 17.5 Å². The Labute approximate surface area is 202 Å². The predicted molar refractivity (Wildman–Crippen MR) is 130 cm³/mol.